The third kappa shape index (κ3) is 2.96. The number of halogens is 1. The summed E-state index contributed by atoms with van der Waals surface area (Å²) < 4.78 is 3.95. The predicted molar refractivity (Wildman–Crippen MR) is 110 cm³/mol. The first-order valence-electron chi connectivity index (χ1n) is 8.93. The lowest BCUT2D eigenvalue weighted by molar-refractivity contribution is 0.677. The lowest BCUT2D eigenvalue weighted by Gasteiger charge is -2.20. The topological polar surface area (TPSA) is 48.5 Å². The average molecular weight is 386 g/mol. The van der Waals surface area contributed by atoms with Gasteiger partial charge < -0.3 is 4.57 Å². The van der Waals surface area contributed by atoms with Crippen molar-refractivity contribution in [3.8, 4) is 5.69 Å². The lowest BCUT2D eigenvalue weighted by Crippen LogP contribution is -2.10. The van der Waals surface area contributed by atoms with Crippen molar-refractivity contribution >= 4 is 22.6 Å². The number of nitrogens with zero attached hydrogens (tertiary/aromatic N) is 5. The van der Waals surface area contributed by atoms with Gasteiger partial charge in [-0.1, -0.05) is 53.2 Å². The van der Waals surface area contributed by atoms with E-state index in [2.05, 4.69) is 32.0 Å². The van der Waals surface area contributed by atoms with E-state index in [0.29, 0.717) is 0 Å². The second kappa shape index (κ2) is 6.94. The minimum Gasteiger partial charge on any atom is -0.326 e. The molecule has 0 fully saturated rings. The molecule has 6 heteroatoms. The Bertz CT molecular complexity index is 1210. The Morgan fingerprint density at radius 2 is 1.64 bits per heavy atom. The summed E-state index contributed by atoms with van der Waals surface area (Å²) in [6, 6.07) is 24.2. The Balaban J connectivity index is 1.68. The van der Waals surface area contributed by atoms with Crippen molar-refractivity contribution in [3.05, 3.63) is 108 Å². The molecule has 3 aromatic carbocycles. The van der Waals surface area contributed by atoms with Gasteiger partial charge in [-0.2, -0.15) is 0 Å². The number of hydrogen-bond donors (Lipinski definition) is 0. The molecule has 136 valence electrons. The minimum atomic E-state index is -0.0247. The molecule has 28 heavy (non-hydrogen) atoms. The van der Waals surface area contributed by atoms with Gasteiger partial charge in [0, 0.05) is 17.4 Å². The van der Waals surface area contributed by atoms with Gasteiger partial charge in [-0.25, -0.2) is 9.67 Å². The Kier molecular flexibility index (Phi) is 4.14. The van der Waals surface area contributed by atoms with E-state index in [1.165, 1.54) is 0 Å². The van der Waals surface area contributed by atoms with Crippen LogP contribution >= 0.6 is 11.6 Å². The van der Waals surface area contributed by atoms with Gasteiger partial charge in [0.25, 0.3) is 0 Å². The van der Waals surface area contributed by atoms with Crippen molar-refractivity contribution in [1.82, 2.24) is 24.5 Å². The van der Waals surface area contributed by atoms with Gasteiger partial charge >= 0.3 is 0 Å². The van der Waals surface area contributed by atoms with E-state index in [1.807, 2.05) is 77.9 Å². The van der Waals surface area contributed by atoms with Gasteiger partial charge in [0.1, 0.15) is 5.52 Å². The summed E-state index contributed by atoms with van der Waals surface area (Å²) in [5.41, 5.74) is 5.04. The van der Waals surface area contributed by atoms with Crippen LogP contribution in [0.15, 0.2) is 91.5 Å². The molecule has 0 radical (unpaired) electrons. The SMILES string of the molecule is Clc1ccc(C(c2ccc3nnn(-c4ccccc4)c3c2)n2ccnc2)cc1. The number of imidazole rings is 1. The molecular weight excluding hydrogens is 370 g/mol. The first-order chi connectivity index (χ1) is 13.8. The second-order valence-corrected chi connectivity index (χ2v) is 6.99. The summed E-state index contributed by atoms with van der Waals surface area (Å²) in [4.78, 5) is 4.24. The molecule has 0 aliphatic heterocycles. The Labute approximate surface area is 166 Å². The Hall–Kier alpha value is -3.44. The van der Waals surface area contributed by atoms with Crippen molar-refractivity contribution in [3.63, 3.8) is 0 Å². The first kappa shape index (κ1) is 16.7. The summed E-state index contributed by atoms with van der Waals surface area (Å²) in [7, 11) is 0. The van der Waals surface area contributed by atoms with E-state index in [9.17, 15) is 0 Å². The average Bonchev–Trinajstić information content (AvgIpc) is 3.40. The largest absolute Gasteiger partial charge is 0.326 e. The molecule has 0 aliphatic carbocycles. The van der Waals surface area contributed by atoms with Crippen LogP contribution in [0, 0.1) is 0 Å². The van der Waals surface area contributed by atoms with E-state index in [4.69, 9.17) is 11.6 Å². The van der Waals surface area contributed by atoms with Gasteiger partial charge in [0.2, 0.25) is 0 Å². The maximum Gasteiger partial charge on any atom is 0.113 e. The van der Waals surface area contributed by atoms with Crippen LogP contribution < -0.4 is 0 Å². The van der Waals surface area contributed by atoms with Gasteiger partial charge in [0.15, 0.2) is 0 Å². The Morgan fingerprint density at radius 1 is 0.857 bits per heavy atom. The molecule has 1 atom stereocenters. The zero-order valence-corrected chi connectivity index (χ0v) is 15.6. The molecule has 0 bridgehead atoms. The number of para-hydroxylation sites is 1. The molecule has 5 nitrogen and oxygen atoms in total. The fourth-order valence-electron chi connectivity index (χ4n) is 3.47. The van der Waals surface area contributed by atoms with Crippen LogP contribution in [0.2, 0.25) is 5.02 Å². The van der Waals surface area contributed by atoms with E-state index in [-0.39, 0.29) is 6.04 Å². The van der Waals surface area contributed by atoms with Crippen molar-refractivity contribution in [2.24, 2.45) is 0 Å². The second-order valence-electron chi connectivity index (χ2n) is 6.55. The fraction of sp³-hybridized carbons (Fsp3) is 0.0455. The van der Waals surface area contributed by atoms with E-state index in [0.717, 1.165) is 32.9 Å². The molecule has 2 aromatic heterocycles. The summed E-state index contributed by atoms with van der Waals surface area (Å²) in [6.07, 6.45) is 5.59. The van der Waals surface area contributed by atoms with Crippen LogP contribution in [0.1, 0.15) is 17.2 Å². The summed E-state index contributed by atoms with van der Waals surface area (Å²) in [6.45, 7) is 0. The zero-order chi connectivity index (χ0) is 18.9. The van der Waals surface area contributed by atoms with E-state index < -0.39 is 0 Å². The van der Waals surface area contributed by atoms with Crippen molar-refractivity contribution in [2.75, 3.05) is 0 Å². The third-order valence-electron chi connectivity index (χ3n) is 4.79. The smallest absolute Gasteiger partial charge is 0.113 e. The van der Waals surface area contributed by atoms with Crippen LogP contribution in [-0.2, 0) is 0 Å². The number of aromatic nitrogens is 5. The first-order valence-corrected chi connectivity index (χ1v) is 9.31. The Morgan fingerprint density at radius 3 is 2.39 bits per heavy atom. The van der Waals surface area contributed by atoms with Crippen molar-refractivity contribution < 1.29 is 0 Å². The highest BCUT2D eigenvalue weighted by molar-refractivity contribution is 6.30. The number of rotatable bonds is 4. The molecule has 0 N–H and O–H groups in total. The van der Waals surface area contributed by atoms with Crippen molar-refractivity contribution in [2.45, 2.75) is 6.04 Å². The normalized spacial score (nSPS) is 12.3. The van der Waals surface area contributed by atoms with Crippen molar-refractivity contribution in [1.29, 1.82) is 0 Å². The highest BCUT2D eigenvalue weighted by Gasteiger charge is 2.18. The standard InChI is InChI=1S/C22H16ClN5/c23-18-9-6-16(7-10-18)22(27-13-12-24-15-27)17-8-11-20-21(14-17)28(26-25-20)19-4-2-1-3-5-19/h1-15,22H. The monoisotopic (exact) mass is 385 g/mol. The summed E-state index contributed by atoms with van der Waals surface area (Å²) in [5.74, 6) is 0. The van der Waals surface area contributed by atoms with Crippen LogP contribution in [0.4, 0.5) is 0 Å². The summed E-state index contributed by atoms with van der Waals surface area (Å²) >= 11 is 6.10. The molecule has 0 saturated heterocycles. The number of hydrogen-bond acceptors (Lipinski definition) is 3. The quantitative estimate of drug-likeness (QED) is 0.441. The molecule has 5 aromatic rings. The highest BCUT2D eigenvalue weighted by Crippen LogP contribution is 2.30. The maximum absolute atomic E-state index is 6.10. The molecule has 5 rings (SSSR count). The fourth-order valence-corrected chi connectivity index (χ4v) is 3.60. The van der Waals surface area contributed by atoms with Gasteiger partial charge in [-0.05, 0) is 47.5 Å². The van der Waals surface area contributed by atoms with Crippen LogP contribution in [-0.4, -0.2) is 24.5 Å². The molecule has 1 unspecified atom stereocenters. The van der Waals surface area contributed by atoms with Crippen LogP contribution in [0.5, 0.6) is 0 Å². The summed E-state index contributed by atoms with van der Waals surface area (Å²) in [5, 5.41) is 9.38. The molecule has 0 spiro atoms. The molecular formula is C22H16ClN5. The number of fused-ring (bicyclic) bond motifs is 1. The lowest BCUT2D eigenvalue weighted by atomic mass is 9.98. The van der Waals surface area contributed by atoms with Crippen LogP contribution in [0.25, 0.3) is 16.7 Å². The molecule has 0 aliphatic rings. The molecule has 0 saturated carbocycles. The van der Waals surface area contributed by atoms with Crippen LogP contribution in [0.3, 0.4) is 0 Å². The third-order valence-corrected chi connectivity index (χ3v) is 5.05. The zero-order valence-electron chi connectivity index (χ0n) is 14.9. The van der Waals surface area contributed by atoms with E-state index in [1.54, 1.807) is 6.20 Å². The minimum absolute atomic E-state index is 0.0247. The van der Waals surface area contributed by atoms with Gasteiger partial charge in [-0.15, -0.1) is 5.10 Å². The molecule has 2 heterocycles. The predicted octanol–water partition coefficient (Wildman–Crippen LogP) is 4.91. The van der Waals surface area contributed by atoms with Gasteiger partial charge in [-0.3, -0.25) is 0 Å². The van der Waals surface area contributed by atoms with E-state index >= 15 is 0 Å². The highest BCUT2D eigenvalue weighted by atomic mass is 35.5. The van der Waals surface area contributed by atoms with Gasteiger partial charge in [0.05, 0.1) is 23.6 Å². The number of benzene rings is 3. The molecule has 0 amide bonds. The maximum atomic E-state index is 6.10.